The van der Waals surface area contributed by atoms with Crippen molar-refractivity contribution in [2.75, 3.05) is 31.1 Å². The number of ether oxygens (including phenoxy) is 3. The van der Waals surface area contributed by atoms with Crippen LogP contribution in [0.15, 0.2) is 42.5 Å². The summed E-state index contributed by atoms with van der Waals surface area (Å²) < 4.78 is 60.8. The number of carbonyl (C=O) groups excluding carboxylic acids is 4. The molecular formula is C36H47F3N4O7. The zero-order valence-corrected chi connectivity index (χ0v) is 29.7. The Morgan fingerprint density at radius 3 is 2.40 bits per heavy atom. The van der Waals surface area contributed by atoms with Crippen LogP contribution in [-0.4, -0.2) is 83.3 Å². The van der Waals surface area contributed by atoms with E-state index in [4.69, 9.17) is 14.2 Å². The van der Waals surface area contributed by atoms with Gasteiger partial charge in [-0.3, -0.25) is 9.59 Å². The Balaban J connectivity index is 1.65. The third kappa shape index (κ3) is 8.99. The molecule has 1 unspecified atom stereocenters. The summed E-state index contributed by atoms with van der Waals surface area (Å²) in [6.45, 7) is 12.0. The topological polar surface area (TPSA) is 118 Å². The van der Waals surface area contributed by atoms with Crippen LogP contribution in [0, 0.1) is 0 Å². The van der Waals surface area contributed by atoms with E-state index in [0.717, 1.165) is 17.7 Å². The largest absolute Gasteiger partial charge is 0.476 e. The quantitative estimate of drug-likeness (QED) is 0.306. The van der Waals surface area contributed by atoms with E-state index in [0.29, 0.717) is 19.4 Å². The first-order chi connectivity index (χ1) is 23.3. The lowest BCUT2D eigenvalue weighted by molar-refractivity contribution is -0.138. The fraction of sp³-hybridized carbons (Fsp3) is 0.556. The molecule has 2 aliphatic rings. The third-order valence-corrected chi connectivity index (χ3v) is 8.68. The number of nitrogens with one attached hydrogen (secondary N) is 1. The number of fused-ring (bicyclic) bond motifs is 1. The van der Waals surface area contributed by atoms with Crippen molar-refractivity contribution < 1.29 is 46.6 Å². The number of benzene rings is 2. The van der Waals surface area contributed by atoms with Crippen molar-refractivity contribution in [2.24, 2.45) is 0 Å². The van der Waals surface area contributed by atoms with Gasteiger partial charge in [0.1, 0.15) is 18.0 Å². The van der Waals surface area contributed by atoms with E-state index in [1.54, 1.807) is 65.8 Å². The first-order valence-corrected chi connectivity index (χ1v) is 16.9. The number of rotatable bonds is 9. The smallest absolute Gasteiger partial charge is 0.417 e. The molecule has 2 aromatic carbocycles. The van der Waals surface area contributed by atoms with Crippen molar-refractivity contribution in [1.29, 1.82) is 0 Å². The van der Waals surface area contributed by atoms with Crippen molar-refractivity contribution in [3.05, 3.63) is 59.2 Å². The monoisotopic (exact) mass is 704 g/mol. The lowest BCUT2D eigenvalue weighted by Crippen LogP contribution is -2.56. The van der Waals surface area contributed by atoms with Gasteiger partial charge >= 0.3 is 18.4 Å². The van der Waals surface area contributed by atoms with Crippen LogP contribution in [0.4, 0.5) is 28.4 Å². The van der Waals surface area contributed by atoms with Gasteiger partial charge in [0.15, 0.2) is 5.60 Å². The number of hydrogen-bond acceptors (Lipinski definition) is 7. The Hall–Kier alpha value is -4.49. The number of carbonyl (C=O) groups is 4. The maximum atomic E-state index is 14.7. The van der Waals surface area contributed by atoms with Gasteiger partial charge in [0.2, 0.25) is 0 Å². The van der Waals surface area contributed by atoms with Gasteiger partial charge in [-0.15, -0.1) is 0 Å². The highest BCUT2D eigenvalue weighted by molar-refractivity contribution is 6.05. The summed E-state index contributed by atoms with van der Waals surface area (Å²) in [5.74, 6) is -1.65. The Bertz CT molecular complexity index is 1560. The van der Waals surface area contributed by atoms with Crippen molar-refractivity contribution in [2.45, 2.75) is 104 Å². The van der Waals surface area contributed by atoms with Crippen LogP contribution in [0.1, 0.15) is 89.2 Å². The van der Waals surface area contributed by atoms with Gasteiger partial charge in [0, 0.05) is 32.2 Å². The molecule has 0 radical (unpaired) electrons. The Labute approximate surface area is 291 Å². The molecule has 1 fully saturated rings. The second kappa shape index (κ2) is 15.2. The minimum Gasteiger partial charge on any atom is -0.476 e. The normalized spacial score (nSPS) is 19.4. The number of halogens is 3. The molecule has 2 aromatic rings. The number of likely N-dealkylation sites (tertiary alicyclic amines) is 1. The van der Waals surface area contributed by atoms with E-state index in [1.165, 1.54) is 21.6 Å². The lowest BCUT2D eigenvalue weighted by atomic mass is 9.94. The van der Waals surface area contributed by atoms with E-state index in [9.17, 15) is 32.3 Å². The highest BCUT2D eigenvalue weighted by atomic mass is 19.4. The highest BCUT2D eigenvalue weighted by Gasteiger charge is 2.47. The van der Waals surface area contributed by atoms with Crippen molar-refractivity contribution in [3.8, 4) is 5.75 Å². The highest BCUT2D eigenvalue weighted by Crippen LogP contribution is 2.45. The number of amides is 4. The average Bonchev–Trinajstić information content (AvgIpc) is 3.04. The van der Waals surface area contributed by atoms with E-state index >= 15 is 0 Å². The van der Waals surface area contributed by atoms with Crippen LogP contribution >= 0.6 is 0 Å². The lowest BCUT2D eigenvalue weighted by Gasteiger charge is -2.43. The molecule has 4 rings (SSSR count). The predicted molar refractivity (Wildman–Crippen MR) is 180 cm³/mol. The molecule has 2 heterocycles. The van der Waals surface area contributed by atoms with E-state index in [2.05, 4.69) is 5.32 Å². The molecule has 4 amide bonds. The zero-order valence-electron chi connectivity index (χ0n) is 29.7. The van der Waals surface area contributed by atoms with Gasteiger partial charge in [-0.05, 0) is 78.5 Å². The molecule has 0 aromatic heterocycles. The second-order valence-corrected chi connectivity index (χ2v) is 14.0. The molecule has 50 heavy (non-hydrogen) atoms. The molecule has 274 valence electrons. The molecule has 14 heteroatoms. The van der Waals surface area contributed by atoms with Gasteiger partial charge in [-0.25, -0.2) is 9.59 Å². The maximum absolute atomic E-state index is 14.7. The molecule has 2 aliphatic heterocycles. The molecule has 1 saturated heterocycles. The number of nitrogens with zero attached hydrogens (tertiary/aromatic N) is 3. The summed E-state index contributed by atoms with van der Waals surface area (Å²) in [6, 6.07) is 9.72. The summed E-state index contributed by atoms with van der Waals surface area (Å²) in [5.41, 5.74) is -3.36. The van der Waals surface area contributed by atoms with Crippen molar-refractivity contribution in [1.82, 2.24) is 15.1 Å². The van der Waals surface area contributed by atoms with Crippen molar-refractivity contribution in [3.63, 3.8) is 0 Å². The molecule has 2 atom stereocenters. The molecular weight excluding hydrogens is 657 g/mol. The summed E-state index contributed by atoms with van der Waals surface area (Å²) in [7, 11) is 0. The number of anilines is 1. The van der Waals surface area contributed by atoms with Crippen molar-refractivity contribution >= 4 is 29.7 Å². The van der Waals surface area contributed by atoms with Crippen LogP contribution in [0.25, 0.3) is 0 Å². The standard InChI is InChI=1S/C36H47F3N4O7/c1-8-35(7)31(45)42(18-16-40-32(46)48-22-24-13-10-9-11-14-24)28-19-26(27(36(37,38)39)20-29(28)49-35)30(44)43(23(2)3)25-15-12-17-41(21-25)33(47)50-34(4,5)6/h9-11,13-14,19-20,23,25H,8,12,15-18,21-22H2,1-7H3,(H,40,46)/t25-,35?/m1/s1. The Morgan fingerprint density at radius 1 is 1.12 bits per heavy atom. The van der Waals surface area contributed by atoms with E-state index < -0.39 is 64.6 Å². The van der Waals surface area contributed by atoms with Gasteiger partial charge in [-0.2, -0.15) is 13.2 Å². The average molecular weight is 705 g/mol. The van der Waals surface area contributed by atoms with Crippen LogP contribution in [0.3, 0.4) is 0 Å². The van der Waals surface area contributed by atoms with Crippen LogP contribution in [0.5, 0.6) is 5.75 Å². The zero-order chi connectivity index (χ0) is 37.0. The Kier molecular flexibility index (Phi) is 11.6. The first kappa shape index (κ1) is 38.3. The Morgan fingerprint density at radius 2 is 1.80 bits per heavy atom. The number of piperidine rings is 1. The summed E-state index contributed by atoms with van der Waals surface area (Å²) in [5, 5.41) is 2.58. The molecule has 0 saturated carbocycles. The molecule has 11 nitrogen and oxygen atoms in total. The molecule has 0 bridgehead atoms. The minimum atomic E-state index is -4.94. The van der Waals surface area contributed by atoms with Gasteiger partial charge in [0.25, 0.3) is 11.8 Å². The fourth-order valence-electron chi connectivity index (χ4n) is 6.08. The van der Waals surface area contributed by atoms with Crippen LogP contribution in [-0.2, 0) is 27.1 Å². The second-order valence-electron chi connectivity index (χ2n) is 14.0. The summed E-state index contributed by atoms with van der Waals surface area (Å²) >= 11 is 0. The van der Waals surface area contributed by atoms with Gasteiger partial charge < -0.3 is 34.2 Å². The number of hydrogen-bond donors (Lipinski definition) is 1. The summed E-state index contributed by atoms with van der Waals surface area (Å²) in [4.78, 5) is 57.4. The summed E-state index contributed by atoms with van der Waals surface area (Å²) in [6.07, 6.45) is -5.12. The predicted octanol–water partition coefficient (Wildman–Crippen LogP) is 6.78. The number of alkyl carbamates (subject to hydrolysis) is 1. The molecule has 0 spiro atoms. The minimum absolute atomic E-state index is 0.0223. The SMILES string of the molecule is CCC1(C)Oc2cc(C(F)(F)F)c(C(=O)N(C(C)C)[C@@H]3CCCN(C(=O)OC(C)(C)C)C3)cc2N(CCNC(=O)OCc2ccccc2)C1=O. The van der Waals surface area contributed by atoms with E-state index in [1.807, 2.05) is 6.07 Å². The third-order valence-electron chi connectivity index (χ3n) is 8.68. The molecule has 0 aliphatic carbocycles. The fourth-order valence-corrected chi connectivity index (χ4v) is 6.08. The number of alkyl halides is 3. The van der Waals surface area contributed by atoms with Gasteiger partial charge in [0.05, 0.1) is 22.9 Å². The maximum Gasteiger partial charge on any atom is 0.417 e. The van der Waals surface area contributed by atoms with Crippen LogP contribution in [0.2, 0.25) is 0 Å². The van der Waals surface area contributed by atoms with E-state index in [-0.39, 0.29) is 44.1 Å². The first-order valence-electron chi connectivity index (χ1n) is 16.9. The van der Waals surface area contributed by atoms with Gasteiger partial charge in [-0.1, -0.05) is 37.3 Å². The van der Waals surface area contributed by atoms with Crippen LogP contribution < -0.4 is 15.0 Å². The molecule has 1 N–H and O–H groups in total.